The minimum atomic E-state index is -1.01. The molecule has 0 bridgehead atoms. The van der Waals surface area contributed by atoms with Gasteiger partial charge in [-0.15, -0.1) is 0 Å². The Morgan fingerprint density at radius 3 is 2.67 bits per heavy atom. The van der Waals surface area contributed by atoms with E-state index in [0.717, 1.165) is 17.6 Å². The number of benzene rings is 1. The van der Waals surface area contributed by atoms with Gasteiger partial charge >= 0.3 is 0 Å². The summed E-state index contributed by atoms with van der Waals surface area (Å²) in [6.07, 6.45) is 1.11. The van der Waals surface area contributed by atoms with Crippen LogP contribution in [0.3, 0.4) is 0 Å². The molecule has 82 valence electrons. The van der Waals surface area contributed by atoms with Gasteiger partial charge in [0.15, 0.2) is 0 Å². The quantitative estimate of drug-likeness (QED) is 0.822. The molecule has 0 radical (unpaired) electrons. The van der Waals surface area contributed by atoms with Crippen LogP contribution in [0, 0.1) is 5.82 Å². The van der Waals surface area contributed by atoms with Crippen molar-refractivity contribution in [1.29, 1.82) is 0 Å². The van der Waals surface area contributed by atoms with Gasteiger partial charge in [-0.25, -0.2) is 4.39 Å². The van der Waals surface area contributed by atoms with E-state index in [1.165, 1.54) is 6.07 Å². The molecular formula is C11H13BrFNO. The van der Waals surface area contributed by atoms with Crippen molar-refractivity contribution in [2.45, 2.75) is 18.4 Å². The zero-order chi connectivity index (χ0) is 10.9. The monoisotopic (exact) mass is 273 g/mol. The van der Waals surface area contributed by atoms with Crippen molar-refractivity contribution in [2.75, 3.05) is 13.1 Å². The van der Waals surface area contributed by atoms with Gasteiger partial charge in [-0.3, -0.25) is 0 Å². The molecule has 1 heterocycles. The Hall–Kier alpha value is -0.450. The Balaban J connectivity index is 2.38. The first-order chi connectivity index (χ1) is 7.12. The summed E-state index contributed by atoms with van der Waals surface area (Å²) in [6, 6.07) is 4.70. The molecule has 0 unspecified atom stereocenters. The molecule has 0 aliphatic carbocycles. The summed E-state index contributed by atoms with van der Waals surface area (Å²) in [5, 5.41) is 13.5. The van der Waals surface area contributed by atoms with Crippen molar-refractivity contribution in [1.82, 2.24) is 5.32 Å². The Labute approximate surface area is 96.6 Å². The van der Waals surface area contributed by atoms with Gasteiger partial charge in [-0.2, -0.15) is 0 Å². The fourth-order valence-corrected chi connectivity index (χ4v) is 2.32. The average molecular weight is 274 g/mol. The van der Waals surface area contributed by atoms with Crippen LogP contribution in [0.2, 0.25) is 0 Å². The Kier molecular flexibility index (Phi) is 3.09. The average Bonchev–Trinajstić information content (AvgIpc) is 2.23. The third kappa shape index (κ3) is 2.22. The molecule has 0 amide bonds. The first kappa shape index (κ1) is 11.0. The van der Waals surface area contributed by atoms with Crippen LogP contribution in [0.4, 0.5) is 4.39 Å². The van der Waals surface area contributed by atoms with Gasteiger partial charge in [0, 0.05) is 10.0 Å². The lowest BCUT2D eigenvalue weighted by atomic mass is 9.85. The summed E-state index contributed by atoms with van der Waals surface area (Å²) in [5.41, 5.74) is -0.613. The second-order valence-electron chi connectivity index (χ2n) is 3.91. The largest absolute Gasteiger partial charge is 0.385 e. The Bertz CT molecular complexity index is 364. The summed E-state index contributed by atoms with van der Waals surface area (Å²) >= 11 is 3.29. The predicted octanol–water partition coefficient (Wildman–Crippen LogP) is 2.16. The number of piperidine rings is 1. The van der Waals surface area contributed by atoms with Gasteiger partial charge < -0.3 is 10.4 Å². The van der Waals surface area contributed by atoms with Gasteiger partial charge in [0.2, 0.25) is 0 Å². The molecule has 0 spiro atoms. The van der Waals surface area contributed by atoms with Crippen LogP contribution in [-0.2, 0) is 5.60 Å². The van der Waals surface area contributed by atoms with Gasteiger partial charge in [0.1, 0.15) is 5.82 Å². The fraction of sp³-hybridized carbons (Fsp3) is 0.455. The first-order valence-electron chi connectivity index (χ1n) is 5.00. The van der Waals surface area contributed by atoms with Crippen LogP contribution in [0.5, 0.6) is 0 Å². The highest BCUT2D eigenvalue weighted by Gasteiger charge is 2.33. The van der Waals surface area contributed by atoms with E-state index in [2.05, 4.69) is 21.2 Å². The van der Waals surface area contributed by atoms with Crippen molar-refractivity contribution < 1.29 is 9.50 Å². The Morgan fingerprint density at radius 1 is 1.33 bits per heavy atom. The number of hydrogen-bond donors (Lipinski definition) is 2. The van der Waals surface area contributed by atoms with Crippen LogP contribution in [0.15, 0.2) is 22.7 Å². The first-order valence-corrected chi connectivity index (χ1v) is 5.80. The van der Waals surface area contributed by atoms with E-state index in [-0.39, 0.29) is 5.82 Å². The summed E-state index contributed by atoms with van der Waals surface area (Å²) in [6.45, 7) is 1.45. The lowest BCUT2D eigenvalue weighted by Crippen LogP contribution is -2.40. The molecule has 1 aliphatic heterocycles. The molecule has 1 aromatic rings. The van der Waals surface area contributed by atoms with Crippen LogP contribution >= 0.6 is 15.9 Å². The minimum absolute atomic E-state index is 0.331. The van der Waals surface area contributed by atoms with Crippen molar-refractivity contribution in [3.63, 3.8) is 0 Å². The molecule has 15 heavy (non-hydrogen) atoms. The maximum absolute atomic E-state index is 13.6. The van der Waals surface area contributed by atoms with Crippen LogP contribution in [-0.4, -0.2) is 18.2 Å². The van der Waals surface area contributed by atoms with Gasteiger partial charge in [-0.1, -0.05) is 15.9 Å². The standard InChI is InChI=1S/C11H13BrFNO/c12-8-1-2-10(13)9(7-8)11(15)3-5-14-6-4-11/h1-2,7,14-15H,3-6H2. The molecular weight excluding hydrogens is 261 g/mol. The third-order valence-electron chi connectivity index (χ3n) is 2.86. The maximum atomic E-state index is 13.6. The van der Waals surface area contributed by atoms with Gasteiger partial charge in [0.25, 0.3) is 0 Å². The zero-order valence-electron chi connectivity index (χ0n) is 8.26. The number of halogens is 2. The fourth-order valence-electron chi connectivity index (χ4n) is 1.96. The molecule has 1 saturated heterocycles. The predicted molar refractivity (Wildman–Crippen MR) is 60.1 cm³/mol. The van der Waals surface area contributed by atoms with Gasteiger partial charge in [-0.05, 0) is 44.1 Å². The lowest BCUT2D eigenvalue weighted by molar-refractivity contribution is 0.00271. The molecule has 2 nitrogen and oxygen atoms in total. The lowest BCUT2D eigenvalue weighted by Gasteiger charge is -2.33. The van der Waals surface area contributed by atoms with Crippen LogP contribution in [0.25, 0.3) is 0 Å². The maximum Gasteiger partial charge on any atom is 0.129 e. The van der Waals surface area contributed by atoms with E-state index in [9.17, 15) is 9.50 Å². The summed E-state index contributed by atoms with van der Waals surface area (Å²) in [7, 11) is 0. The molecule has 1 aliphatic rings. The van der Waals surface area contributed by atoms with E-state index in [1.54, 1.807) is 12.1 Å². The second-order valence-corrected chi connectivity index (χ2v) is 4.82. The summed E-state index contributed by atoms with van der Waals surface area (Å²) in [4.78, 5) is 0. The highest BCUT2D eigenvalue weighted by molar-refractivity contribution is 9.10. The van der Waals surface area contributed by atoms with E-state index < -0.39 is 5.60 Å². The molecule has 4 heteroatoms. The highest BCUT2D eigenvalue weighted by atomic mass is 79.9. The molecule has 0 aromatic heterocycles. The van der Waals surface area contributed by atoms with Crippen LogP contribution in [0.1, 0.15) is 18.4 Å². The molecule has 0 saturated carbocycles. The third-order valence-corrected chi connectivity index (χ3v) is 3.35. The molecule has 0 atom stereocenters. The van der Waals surface area contributed by atoms with E-state index in [0.29, 0.717) is 18.4 Å². The smallest absolute Gasteiger partial charge is 0.129 e. The topological polar surface area (TPSA) is 32.3 Å². The summed E-state index contributed by atoms with van der Waals surface area (Å²) < 4.78 is 14.4. The van der Waals surface area contributed by atoms with Crippen molar-refractivity contribution >= 4 is 15.9 Å². The van der Waals surface area contributed by atoms with E-state index in [1.807, 2.05) is 0 Å². The second kappa shape index (κ2) is 4.20. The number of aliphatic hydroxyl groups is 1. The summed E-state index contributed by atoms with van der Waals surface area (Å²) in [5.74, 6) is -0.331. The highest BCUT2D eigenvalue weighted by Crippen LogP contribution is 2.33. The van der Waals surface area contributed by atoms with E-state index in [4.69, 9.17) is 0 Å². The Morgan fingerprint density at radius 2 is 2.00 bits per heavy atom. The van der Waals surface area contributed by atoms with Crippen LogP contribution < -0.4 is 5.32 Å². The van der Waals surface area contributed by atoms with Crippen molar-refractivity contribution in [3.05, 3.63) is 34.1 Å². The van der Waals surface area contributed by atoms with Crippen molar-refractivity contribution in [2.24, 2.45) is 0 Å². The normalized spacial score (nSPS) is 20.2. The van der Waals surface area contributed by atoms with Gasteiger partial charge in [0.05, 0.1) is 5.60 Å². The zero-order valence-corrected chi connectivity index (χ0v) is 9.85. The number of rotatable bonds is 1. The number of nitrogens with one attached hydrogen (secondary N) is 1. The molecule has 1 fully saturated rings. The van der Waals surface area contributed by atoms with E-state index >= 15 is 0 Å². The van der Waals surface area contributed by atoms with Crippen molar-refractivity contribution in [3.8, 4) is 0 Å². The minimum Gasteiger partial charge on any atom is -0.385 e. The molecule has 2 rings (SSSR count). The molecule has 2 N–H and O–H groups in total. The SMILES string of the molecule is OC1(c2cc(Br)ccc2F)CCNCC1. The number of hydrogen-bond acceptors (Lipinski definition) is 2. The molecule has 1 aromatic carbocycles.